The highest BCUT2D eigenvalue weighted by Gasteiger charge is 2.45. The average molecular weight is 349 g/mol. The molecule has 0 aromatic heterocycles. The summed E-state index contributed by atoms with van der Waals surface area (Å²) in [6.45, 7) is 1.86. The van der Waals surface area contributed by atoms with E-state index < -0.39 is 5.82 Å². The maximum absolute atomic E-state index is 13.6. The van der Waals surface area contributed by atoms with Crippen LogP contribution in [0, 0.1) is 11.7 Å². The minimum atomic E-state index is -0.465. The van der Waals surface area contributed by atoms with Gasteiger partial charge in [-0.3, -0.25) is 4.79 Å². The van der Waals surface area contributed by atoms with Gasteiger partial charge in [0.1, 0.15) is 6.10 Å². The average Bonchev–Trinajstić information content (AvgIpc) is 3.38. The topological polar surface area (TPSA) is 48.0 Å². The zero-order chi connectivity index (χ0) is 17.4. The van der Waals surface area contributed by atoms with E-state index >= 15 is 0 Å². The molecule has 0 N–H and O–H groups in total. The first-order valence-electron chi connectivity index (χ1n) is 9.05. The zero-order valence-electron chi connectivity index (χ0n) is 14.4. The lowest BCUT2D eigenvalue weighted by molar-refractivity contribution is -0.106. The van der Waals surface area contributed by atoms with Crippen LogP contribution in [-0.2, 0) is 9.47 Å². The number of hydrogen-bond donors (Lipinski definition) is 0. The third kappa shape index (κ3) is 3.37. The van der Waals surface area contributed by atoms with Crippen LogP contribution in [0.1, 0.15) is 36.0 Å². The number of carbonyl (C=O) groups is 1. The van der Waals surface area contributed by atoms with Crippen molar-refractivity contribution in [1.29, 1.82) is 0 Å². The van der Waals surface area contributed by atoms with Gasteiger partial charge < -0.3 is 19.1 Å². The Bertz CT molecular complexity index is 648. The number of morpholine rings is 1. The first-order chi connectivity index (χ1) is 12.2. The normalized spacial score (nSPS) is 28.7. The Kier molecular flexibility index (Phi) is 4.65. The molecule has 5 nitrogen and oxygen atoms in total. The van der Waals surface area contributed by atoms with Crippen molar-refractivity contribution in [2.24, 2.45) is 5.92 Å². The molecule has 25 heavy (non-hydrogen) atoms. The minimum absolute atomic E-state index is 0.0292. The number of rotatable bonds is 5. The fraction of sp³-hybridized carbons (Fsp3) is 0.632. The first-order valence-corrected chi connectivity index (χ1v) is 9.05. The van der Waals surface area contributed by atoms with Crippen LogP contribution in [-0.4, -0.2) is 55.9 Å². The van der Waals surface area contributed by atoms with E-state index in [-0.39, 0.29) is 29.9 Å². The van der Waals surface area contributed by atoms with Gasteiger partial charge in [0.15, 0.2) is 11.6 Å². The van der Waals surface area contributed by atoms with Crippen LogP contribution in [0.5, 0.6) is 5.75 Å². The summed E-state index contributed by atoms with van der Waals surface area (Å²) in [6, 6.07) is 4.29. The van der Waals surface area contributed by atoms with Crippen molar-refractivity contribution in [3.05, 3.63) is 29.6 Å². The van der Waals surface area contributed by atoms with Gasteiger partial charge >= 0.3 is 0 Å². The lowest BCUT2D eigenvalue weighted by Crippen LogP contribution is -2.54. The Labute approximate surface area is 147 Å². The number of halogens is 1. The Morgan fingerprint density at radius 2 is 2.16 bits per heavy atom. The third-order valence-electron chi connectivity index (χ3n) is 5.44. The molecule has 3 fully saturated rings. The molecule has 1 saturated heterocycles. The van der Waals surface area contributed by atoms with Gasteiger partial charge in [0, 0.05) is 18.7 Å². The summed E-state index contributed by atoms with van der Waals surface area (Å²) in [5.41, 5.74) is 0.446. The molecule has 0 bridgehead atoms. The van der Waals surface area contributed by atoms with E-state index in [9.17, 15) is 9.18 Å². The molecule has 0 unspecified atom stereocenters. The summed E-state index contributed by atoms with van der Waals surface area (Å²) in [5.74, 6) is 0.243. The third-order valence-corrected chi connectivity index (χ3v) is 5.44. The quantitative estimate of drug-likeness (QED) is 0.820. The zero-order valence-corrected chi connectivity index (χ0v) is 14.4. The lowest BCUT2D eigenvalue weighted by atomic mass is 10.1. The molecule has 3 atom stereocenters. The molecule has 2 aliphatic carbocycles. The van der Waals surface area contributed by atoms with Crippen LogP contribution in [0.15, 0.2) is 18.2 Å². The van der Waals surface area contributed by atoms with Gasteiger partial charge in [0.25, 0.3) is 5.91 Å². The van der Waals surface area contributed by atoms with E-state index in [4.69, 9.17) is 14.2 Å². The number of methoxy groups -OCH3 is 1. The van der Waals surface area contributed by atoms with Gasteiger partial charge in [0.05, 0.1) is 25.9 Å². The van der Waals surface area contributed by atoms with E-state index in [1.165, 1.54) is 38.2 Å². The minimum Gasteiger partial charge on any atom is -0.494 e. The van der Waals surface area contributed by atoms with Gasteiger partial charge in [-0.25, -0.2) is 4.39 Å². The smallest absolute Gasteiger partial charge is 0.254 e. The summed E-state index contributed by atoms with van der Waals surface area (Å²) in [5, 5.41) is 0. The van der Waals surface area contributed by atoms with E-state index in [0.717, 1.165) is 19.4 Å². The van der Waals surface area contributed by atoms with Crippen LogP contribution in [0.25, 0.3) is 0 Å². The molecule has 1 aliphatic heterocycles. The fourth-order valence-electron chi connectivity index (χ4n) is 3.85. The van der Waals surface area contributed by atoms with Gasteiger partial charge in [-0.1, -0.05) is 0 Å². The second-order valence-electron chi connectivity index (χ2n) is 7.14. The maximum Gasteiger partial charge on any atom is 0.254 e. The Balaban J connectivity index is 1.47. The van der Waals surface area contributed by atoms with E-state index in [1.54, 1.807) is 0 Å². The van der Waals surface area contributed by atoms with Crippen molar-refractivity contribution in [1.82, 2.24) is 4.90 Å². The van der Waals surface area contributed by atoms with Gasteiger partial charge in [-0.2, -0.15) is 0 Å². The summed E-state index contributed by atoms with van der Waals surface area (Å²) >= 11 is 0. The molecule has 0 spiro atoms. The van der Waals surface area contributed by atoms with Crippen molar-refractivity contribution >= 4 is 5.91 Å². The van der Waals surface area contributed by atoms with Gasteiger partial charge in [-0.05, 0) is 49.8 Å². The van der Waals surface area contributed by atoms with Crippen molar-refractivity contribution in [2.45, 2.75) is 43.9 Å². The van der Waals surface area contributed by atoms with Crippen molar-refractivity contribution in [3.63, 3.8) is 0 Å². The van der Waals surface area contributed by atoms with E-state index in [1.807, 2.05) is 4.90 Å². The molecule has 0 radical (unpaired) electrons. The molecule has 2 saturated carbocycles. The monoisotopic (exact) mass is 349 g/mol. The Morgan fingerprint density at radius 3 is 2.92 bits per heavy atom. The van der Waals surface area contributed by atoms with Crippen LogP contribution in [0.4, 0.5) is 4.39 Å². The lowest BCUT2D eigenvalue weighted by Gasteiger charge is -2.39. The Hall–Kier alpha value is -1.66. The molecule has 3 aliphatic rings. The predicted molar refractivity (Wildman–Crippen MR) is 89.2 cm³/mol. The fourth-order valence-corrected chi connectivity index (χ4v) is 3.85. The van der Waals surface area contributed by atoms with Crippen LogP contribution < -0.4 is 4.74 Å². The Morgan fingerprint density at radius 1 is 1.32 bits per heavy atom. The van der Waals surface area contributed by atoms with Crippen LogP contribution in [0.3, 0.4) is 0 Å². The maximum atomic E-state index is 13.6. The number of nitrogens with zero attached hydrogens (tertiary/aromatic N) is 1. The highest BCUT2D eigenvalue weighted by molar-refractivity contribution is 5.95. The van der Waals surface area contributed by atoms with Gasteiger partial charge in [-0.15, -0.1) is 0 Å². The highest BCUT2D eigenvalue weighted by Crippen LogP contribution is 2.36. The molecule has 1 amide bonds. The molecular formula is C19H24FNO4. The van der Waals surface area contributed by atoms with Crippen LogP contribution in [0.2, 0.25) is 0 Å². The molecule has 1 heterocycles. The standard InChI is InChI=1S/C19H24FNO4/c1-23-17-10-13(4-5-14(17)20)19(22)21-8-9-24-18-15(21)6-7-16(18)25-11-12-2-3-12/h4-5,10,12,15-16,18H,2-3,6-9,11H2,1H3/t15-,16+,18+/m0/s1. The largest absolute Gasteiger partial charge is 0.494 e. The second-order valence-corrected chi connectivity index (χ2v) is 7.14. The number of benzene rings is 1. The summed E-state index contributed by atoms with van der Waals surface area (Å²) in [6.07, 6.45) is 4.34. The molecule has 1 aromatic rings. The molecule has 1 aromatic carbocycles. The van der Waals surface area contributed by atoms with E-state index in [0.29, 0.717) is 24.6 Å². The summed E-state index contributed by atoms with van der Waals surface area (Å²) in [7, 11) is 1.40. The van der Waals surface area contributed by atoms with Crippen molar-refractivity contribution in [3.8, 4) is 5.75 Å². The van der Waals surface area contributed by atoms with Crippen LogP contribution >= 0.6 is 0 Å². The molecule has 4 rings (SSSR count). The predicted octanol–water partition coefficient (Wildman–Crippen LogP) is 2.63. The summed E-state index contributed by atoms with van der Waals surface area (Å²) in [4.78, 5) is 14.8. The SMILES string of the molecule is COc1cc(C(=O)N2CCO[C@H]3[C@H](OCC4CC4)CC[C@@H]32)ccc1F. The second kappa shape index (κ2) is 6.92. The molecule has 136 valence electrons. The van der Waals surface area contributed by atoms with Crippen molar-refractivity contribution < 1.29 is 23.4 Å². The first kappa shape index (κ1) is 16.8. The van der Waals surface area contributed by atoms with E-state index in [2.05, 4.69) is 0 Å². The summed E-state index contributed by atoms with van der Waals surface area (Å²) < 4.78 is 30.6. The number of fused-ring (bicyclic) bond motifs is 1. The number of ether oxygens (including phenoxy) is 3. The number of carbonyl (C=O) groups excluding carboxylic acids is 1. The number of amides is 1. The molecule has 6 heteroatoms. The molecular weight excluding hydrogens is 325 g/mol. The van der Waals surface area contributed by atoms with Gasteiger partial charge in [0.2, 0.25) is 0 Å². The van der Waals surface area contributed by atoms with Crippen molar-refractivity contribution in [2.75, 3.05) is 26.9 Å². The number of hydrogen-bond acceptors (Lipinski definition) is 4. The highest BCUT2D eigenvalue weighted by atomic mass is 19.1.